The quantitative estimate of drug-likeness (QED) is 0.462. The summed E-state index contributed by atoms with van der Waals surface area (Å²) < 4.78 is 38.0. The third-order valence-electron chi connectivity index (χ3n) is 3.82. The van der Waals surface area contributed by atoms with Crippen molar-refractivity contribution in [3.63, 3.8) is 0 Å². The van der Waals surface area contributed by atoms with E-state index in [9.17, 15) is 18.0 Å². The van der Waals surface area contributed by atoms with E-state index in [2.05, 4.69) is 15.3 Å². The normalized spacial score (nSPS) is 11.5. The van der Waals surface area contributed by atoms with Crippen LogP contribution in [0.1, 0.15) is 21.8 Å². The highest BCUT2D eigenvalue weighted by atomic mass is 35.5. The fourth-order valence-corrected chi connectivity index (χ4v) is 4.35. The van der Waals surface area contributed by atoms with Gasteiger partial charge in [-0.15, -0.1) is 11.3 Å². The SMILES string of the molecule is Cc1ccccc1NC(=O)Cc1nc(CSc2ncc(C(F)(F)F)cc2Cl)cs1. The number of carbonyl (C=O) groups is 1. The lowest BCUT2D eigenvalue weighted by molar-refractivity contribution is -0.137. The van der Waals surface area contributed by atoms with Gasteiger partial charge in [0.1, 0.15) is 10.0 Å². The van der Waals surface area contributed by atoms with Crippen LogP contribution in [0.15, 0.2) is 46.9 Å². The van der Waals surface area contributed by atoms with Crippen LogP contribution >= 0.6 is 34.7 Å². The molecule has 0 aliphatic carbocycles. The Hall–Kier alpha value is -2.10. The molecule has 3 rings (SSSR count). The van der Waals surface area contributed by atoms with E-state index in [-0.39, 0.29) is 17.4 Å². The van der Waals surface area contributed by atoms with Crippen LogP contribution in [0.25, 0.3) is 0 Å². The lowest BCUT2D eigenvalue weighted by Crippen LogP contribution is -2.15. The van der Waals surface area contributed by atoms with E-state index in [1.54, 1.807) is 5.38 Å². The Labute approximate surface area is 178 Å². The van der Waals surface area contributed by atoms with Crippen LogP contribution in [0.5, 0.6) is 0 Å². The first-order chi connectivity index (χ1) is 13.7. The largest absolute Gasteiger partial charge is 0.417 e. The summed E-state index contributed by atoms with van der Waals surface area (Å²) in [5.41, 5.74) is 1.55. The molecule has 0 aliphatic rings. The van der Waals surface area contributed by atoms with Crippen LogP contribution in [0.2, 0.25) is 5.02 Å². The number of anilines is 1. The average Bonchev–Trinajstić information content (AvgIpc) is 3.09. The Morgan fingerprint density at radius 2 is 2.07 bits per heavy atom. The summed E-state index contributed by atoms with van der Waals surface area (Å²) in [6.07, 6.45) is -3.58. The van der Waals surface area contributed by atoms with Crippen LogP contribution in [0.3, 0.4) is 0 Å². The van der Waals surface area contributed by atoms with E-state index in [1.165, 1.54) is 23.1 Å². The number of rotatable bonds is 6. The number of alkyl halides is 3. The number of amides is 1. The van der Waals surface area contributed by atoms with Crippen molar-refractivity contribution in [2.75, 3.05) is 5.32 Å². The molecule has 1 N–H and O–H groups in total. The Bertz CT molecular complexity index is 1020. The molecule has 0 unspecified atom stereocenters. The van der Waals surface area contributed by atoms with Crippen LogP contribution in [-0.4, -0.2) is 15.9 Å². The minimum atomic E-state index is -4.48. The van der Waals surface area contributed by atoms with E-state index < -0.39 is 11.7 Å². The fraction of sp³-hybridized carbons (Fsp3) is 0.211. The second-order valence-corrected chi connectivity index (χ2v) is 8.38. The second kappa shape index (κ2) is 9.15. The molecule has 3 aromatic rings. The molecular formula is C19H15ClF3N3OS2. The smallest absolute Gasteiger partial charge is 0.325 e. The number of hydrogen-bond donors (Lipinski definition) is 1. The minimum Gasteiger partial charge on any atom is -0.325 e. The minimum absolute atomic E-state index is 0.0575. The molecular weight excluding hydrogens is 443 g/mol. The third kappa shape index (κ3) is 5.94. The number of hydrogen-bond acceptors (Lipinski definition) is 5. The molecule has 1 aromatic carbocycles. The van der Waals surface area contributed by atoms with E-state index >= 15 is 0 Å². The standard InChI is InChI=1S/C19H15ClF3N3OS2/c1-11-4-2-3-5-15(11)26-16(27)7-17-25-13(9-28-17)10-29-18-14(20)6-12(8-24-18)19(21,22)23/h2-6,8-9H,7,10H2,1H3,(H,26,27). The molecule has 0 spiro atoms. The van der Waals surface area contributed by atoms with Crippen molar-refractivity contribution in [3.05, 3.63) is 68.8 Å². The Kier molecular flexibility index (Phi) is 6.81. The van der Waals surface area contributed by atoms with Crippen LogP contribution in [0.4, 0.5) is 18.9 Å². The zero-order valence-electron chi connectivity index (χ0n) is 15.1. The highest BCUT2D eigenvalue weighted by Crippen LogP contribution is 2.34. The van der Waals surface area contributed by atoms with Gasteiger partial charge in [-0.3, -0.25) is 4.79 Å². The lowest BCUT2D eigenvalue weighted by Gasteiger charge is -2.08. The van der Waals surface area contributed by atoms with Crippen molar-refractivity contribution in [1.29, 1.82) is 0 Å². The van der Waals surface area contributed by atoms with E-state index in [0.29, 0.717) is 21.5 Å². The van der Waals surface area contributed by atoms with E-state index in [1.807, 2.05) is 31.2 Å². The number of halogens is 4. The van der Waals surface area contributed by atoms with Gasteiger partial charge in [0.15, 0.2) is 0 Å². The Morgan fingerprint density at radius 3 is 2.76 bits per heavy atom. The summed E-state index contributed by atoms with van der Waals surface area (Å²) in [7, 11) is 0. The number of pyridine rings is 1. The monoisotopic (exact) mass is 457 g/mol. The first-order valence-corrected chi connectivity index (χ1v) is 10.6. The second-order valence-electron chi connectivity index (χ2n) is 6.07. The van der Waals surface area contributed by atoms with Crippen molar-refractivity contribution in [2.24, 2.45) is 0 Å². The molecule has 0 atom stereocenters. The summed E-state index contributed by atoms with van der Waals surface area (Å²) in [4.78, 5) is 20.4. The molecule has 152 valence electrons. The van der Waals surface area contributed by atoms with Gasteiger partial charge in [-0.2, -0.15) is 13.2 Å². The Morgan fingerprint density at radius 1 is 1.31 bits per heavy atom. The van der Waals surface area contributed by atoms with Crippen LogP contribution in [-0.2, 0) is 23.1 Å². The van der Waals surface area contributed by atoms with Crippen molar-refractivity contribution in [2.45, 2.75) is 30.3 Å². The maximum Gasteiger partial charge on any atom is 0.417 e. The molecule has 0 bridgehead atoms. The number of nitrogens with zero attached hydrogens (tertiary/aromatic N) is 2. The van der Waals surface area contributed by atoms with E-state index in [0.717, 1.165) is 23.5 Å². The molecule has 2 heterocycles. The number of para-hydroxylation sites is 1. The molecule has 2 aromatic heterocycles. The molecule has 0 saturated heterocycles. The number of aromatic nitrogens is 2. The number of thiazole rings is 1. The van der Waals surface area contributed by atoms with Gasteiger partial charge in [0.05, 0.1) is 22.7 Å². The summed E-state index contributed by atoms with van der Waals surface area (Å²) in [5.74, 6) is 0.217. The molecule has 4 nitrogen and oxygen atoms in total. The van der Waals surface area contributed by atoms with Gasteiger partial charge < -0.3 is 5.32 Å². The number of benzene rings is 1. The van der Waals surface area contributed by atoms with Gasteiger partial charge in [-0.1, -0.05) is 41.6 Å². The zero-order chi connectivity index (χ0) is 21.0. The predicted octanol–water partition coefficient (Wildman–Crippen LogP) is 5.99. The molecule has 1 amide bonds. The first kappa shape index (κ1) is 21.6. The number of carbonyl (C=O) groups excluding carboxylic acids is 1. The maximum absolute atomic E-state index is 12.7. The molecule has 0 fully saturated rings. The summed E-state index contributed by atoms with van der Waals surface area (Å²) in [6.45, 7) is 1.91. The van der Waals surface area contributed by atoms with Gasteiger partial charge in [0.25, 0.3) is 0 Å². The Balaban J connectivity index is 1.57. The van der Waals surface area contributed by atoms with Crippen molar-refractivity contribution in [3.8, 4) is 0 Å². The molecule has 0 saturated carbocycles. The van der Waals surface area contributed by atoms with Crippen LogP contribution in [0, 0.1) is 6.92 Å². The molecule has 10 heteroatoms. The van der Waals surface area contributed by atoms with Gasteiger partial charge in [0.2, 0.25) is 5.91 Å². The number of aryl methyl sites for hydroxylation is 1. The van der Waals surface area contributed by atoms with Gasteiger partial charge in [-0.25, -0.2) is 9.97 Å². The third-order valence-corrected chi connectivity index (χ3v) is 6.16. The van der Waals surface area contributed by atoms with Gasteiger partial charge in [-0.05, 0) is 24.6 Å². The highest BCUT2D eigenvalue weighted by molar-refractivity contribution is 7.98. The van der Waals surface area contributed by atoms with Crippen molar-refractivity contribution < 1.29 is 18.0 Å². The van der Waals surface area contributed by atoms with Crippen molar-refractivity contribution >= 4 is 46.3 Å². The maximum atomic E-state index is 12.7. The number of thioether (sulfide) groups is 1. The lowest BCUT2D eigenvalue weighted by atomic mass is 10.2. The summed E-state index contributed by atoms with van der Waals surface area (Å²) in [5, 5.41) is 5.55. The van der Waals surface area contributed by atoms with Crippen molar-refractivity contribution in [1.82, 2.24) is 9.97 Å². The topological polar surface area (TPSA) is 54.9 Å². The molecule has 0 aliphatic heterocycles. The molecule has 0 radical (unpaired) electrons. The van der Waals surface area contributed by atoms with Crippen LogP contribution < -0.4 is 5.32 Å². The zero-order valence-corrected chi connectivity index (χ0v) is 17.5. The average molecular weight is 458 g/mol. The molecule has 29 heavy (non-hydrogen) atoms. The summed E-state index contributed by atoms with van der Waals surface area (Å²) >= 11 is 8.45. The van der Waals surface area contributed by atoms with Gasteiger partial charge >= 0.3 is 6.18 Å². The van der Waals surface area contributed by atoms with E-state index in [4.69, 9.17) is 11.6 Å². The predicted molar refractivity (Wildman–Crippen MR) is 109 cm³/mol. The fourth-order valence-electron chi connectivity index (χ4n) is 2.37. The first-order valence-electron chi connectivity index (χ1n) is 8.36. The highest BCUT2D eigenvalue weighted by Gasteiger charge is 2.31. The summed E-state index contributed by atoms with van der Waals surface area (Å²) in [6, 6.07) is 8.35. The number of nitrogens with one attached hydrogen (secondary N) is 1. The van der Waals surface area contributed by atoms with Gasteiger partial charge in [0, 0.05) is 23.0 Å².